The van der Waals surface area contributed by atoms with Gasteiger partial charge < -0.3 is 10.1 Å². The molecule has 3 rings (SSSR count). The van der Waals surface area contributed by atoms with Crippen molar-refractivity contribution in [2.24, 2.45) is 0 Å². The van der Waals surface area contributed by atoms with Gasteiger partial charge >= 0.3 is 5.97 Å². The zero-order valence-corrected chi connectivity index (χ0v) is 20.6. The molecule has 0 saturated heterocycles. The molecule has 0 bridgehead atoms. The van der Waals surface area contributed by atoms with Gasteiger partial charge in [-0.15, -0.1) is 11.5 Å². The monoisotopic (exact) mass is 446 g/mol. The van der Waals surface area contributed by atoms with Gasteiger partial charge in [-0.25, -0.2) is 9.78 Å². The Morgan fingerprint density at radius 1 is 1.03 bits per heavy atom. The number of carbonyl (C=O) groups is 2. The maximum absolute atomic E-state index is 13.4. The zero-order chi connectivity index (χ0) is 23.5. The molecule has 1 aromatic heterocycles. The number of rotatable bonds is 4. The van der Waals surface area contributed by atoms with Gasteiger partial charge in [-0.05, 0) is 17.2 Å². The fraction of sp³-hybridized carbons (Fsp3) is 0.346. The van der Waals surface area contributed by atoms with Crippen molar-refractivity contribution in [1.29, 1.82) is 0 Å². The number of methoxy groups -OCH3 is 1. The summed E-state index contributed by atoms with van der Waals surface area (Å²) >= 11 is 0. The minimum absolute atomic E-state index is 0.110. The van der Waals surface area contributed by atoms with Crippen LogP contribution >= 0.6 is 0 Å². The predicted octanol–water partition coefficient (Wildman–Crippen LogP) is 5.10. The molecule has 0 radical (unpaired) electrons. The highest BCUT2D eigenvalue weighted by molar-refractivity contribution is 6.87. The van der Waals surface area contributed by atoms with Crippen LogP contribution in [-0.2, 0) is 9.53 Å². The first-order valence-electron chi connectivity index (χ1n) is 10.7. The number of ether oxygens (including phenoxy) is 1. The van der Waals surface area contributed by atoms with Crippen LogP contribution in [0.1, 0.15) is 37.6 Å². The Balaban J connectivity index is 1.97. The van der Waals surface area contributed by atoms with Crippen LogP contribution in [0.5, 0.6) is 0 Å². The molecule has 1 amide bonds. The Kier molecular flexibility index (Phi) is 6.70. The van der Waals surface area contributed by atoms with Crippen molar-refractivity contribution >= 4 is 41.8 Å². The number of hydrogen-bond acceptors (Lipinski definition) is 4. The van der Waals surface area contributed by atoms with Gasteiger partial charge in [0.05, 0.1) is 23.7 Å². The molecule has 0 aliphatic rings. The molecule has 32 heavy (non-hydrogen) atoms. The number of aromatic nitrogens is 1. The standard InChI is InChI=1S/C26H30N2O3Si/c1-26(2,3)32(5,6)17-11-16-22(25(30)31-4)28-24(29)23-18-12-7-9-14-20(18)27-21-15-10-8-13-19(21)23/h7-10,12-15,22H,16H2,1-6H3,(H,28,29)/t22-/m0/s1. The molecule has 1 N–H and O–H groups in total. The normalized spacial score (nSPS) is 12.7. The Labute approximate surface area is 190 Å². The molecule has 6 heteroatoms. The third kappa shape index (κ3) is 4.84. The molecule has 0 aliphatic heterocycles. The molecule has 2 aromatic carbocycles. The Morgan fingerprint density at radius 3 is 2.06 bits per heavy atom. The largest absolute Gasteiger partial charge is 0.467 e. The summed E-state index contributed by atoms with van der Waals surface area (Å²) in [6.45, 7) is 11.0. The lowest BCUT2D eigenvalue weighted by molar-refractivity contribution is -0.142. The Morgan fingerprint density at radius 2 is 1.56 bits per heavy atom. The van der Waals surface area contributed by atoms with E-state index in [9.17, 15) is 9.59 Å². The summed E-state index contributed by atoms with van der Waals surface area (Å²) in [6, 6.07) is 14.2. The first-order chi connectivity index (χ1) is 15.0. The molecule has 0 fully saturated rings. The number of pyridine rings is 1. The average Bonchev–Trinajstić information content (AvgIpc) is 2.75. The van der Waals surface area contributed by atoms with E-state index >= 15 is 0 Å². The van der Waals surface area contributed by atoms with Crippen molar-refractivity contribution in [1.82, 2.24) is 10.3 Å². The summed E-state index contributed by atoms with van der Waals surface area (Å²) in [5.41, 5.74) is 5.35. The van der Waals surface area contributed by atoms with E-state index in [0.29, 0.717) is 5.56 Å². The van der Waals surface area contributed by atoms with Crippen LogP contribution in [0.2, 0.25) is 18.1 Å². The number of nitrogens with one attached hydrogen (secondary N) is 1. The summed E-state index contributed by atoms with van der Waals surface area (Å²) in [6.07, 6.45) is 0.200. The topological polar surface area (TPSA) is 68.3 Å². The smallest absolute Gasteiger partial charge is 0.329 e. The lowest BCUT2D eigenvalue weighted by Crippen LogP contribution is -2.41. The summed E-state index contributed by atoms with van der Waals surface area (Å²) in [7, 11) is -0.508. The number of benzene rings is 2. The second-order valence-corrected chi connectivity index (χ2v) is 14.5. The molecule has 166 valence electrons. The van der Waals surface area contributed by atoms with Gasteiger partial charge in [0.15, 0.2) is 0 Å². The van der Waals surface area contributed by atoms with Crippen LogP contribution in [0.4, 0.5) is 0 Å². The number of amides is 1. The summed E-state index contributed by atoms with van der Waals surface area (Å²) in [5, 5.41) is 4.45. The number of esters is 1. The number of carbonyl (C=O) groups excluding carboxylic acids is 2. The Bertz CT molecular complexity index is 1180. The summed E-state index contributed by atoms with van der Waals surface area (Å²) < 4.78 is 4.95. The van der Waals surface area contributed by atoms with Crippen molar-refractivity contribution < 1.29 is 14.3 Å². The first kappa shape index (κ1) is 23.5. The number of para-hydroxylation sites is 2. The van der Waals surface area contributed by atoms with Crippen LogP contribution < -0.4 is 5.32 Å². The van der Waals surface area contributed by atoms with Crippen molar-refractivity contribution in [3.8, 4) is 11.5 Å². The molecular weight excluding hydrogens is 416 g/mol. The van der Waals surface area contributed by atoms with Crippen LogP contribution in [0.15, 0.2) is 48.5 Å². The minimum atomic E-state index is -1.83. The third-order valence-corrected chi connectivity index (χ3v) is 10.7. The minimum Gasteiger partial charge on any atom is -0.467 e. The number of nitrogens with zero attached hydrogens (tertiary/aromatic N) is 1. The highest BCUT2D eigenvalue weighted by Gasteiger charge is 2.33. The van der Waals surface area contributed by atoms with Crippen LogP contribution in [0.3, 0.4) is 0 Å². The van der Waals surface area contributed by atoms with Crippen LogP contribution in [0.25, 0.3) is 21.8 Å². The molecule has 3 aromatic rings. The van der Waals surface area contributed by atoms with Gasteiger partial charge in [-0.3, -0.25) is 4.79 Å². The average molecular weight is 447 g/mol. The second-order valence-electron chi connectivity index (χ2n) is 9.45. The van der Waals surface area contributed by atoms with E-state index in [4.69, 9.17) is 4.74 Å². The van der Waals surface area contributed by atoms with E-state index in [1.165, 1.54) is 7.11 Å². The lowest BCUT2D eigenvalue weighted by Gasteiger charge is -2.31. The fourth-order valence-corrected chi connectivity index (χ4v) is 4.13. The molecule has 0 saturated carbocycles. The molecule has 5 nitrogen and oxygen atoms in total. The van der Waals surface area contributed by atoms with E-state index in [1.54, 1.807) is 0 Å². The molecule has 0 unspecified atom stereocenters. The van der Waals surface area contributed by atoms with Crippen molar-refractivity contribution in [3.05, 3.63) is 54.1 Å². The predicted molar refractivity (Wildman–Crippen MR) is 132 cm³/mol. The highest BCUT2D eigenvalue weighted by atomic mass is 28.3. The number of fused-ring (bicyclic) bond motifs is 2. The van der Waals surface area contributed by atoms with Gasteiger partial charge in [-0.1, -0.05) is 70.3 Å². The van der Waals surface area contributed by atoms with Gasteiger partial charge in [0, 0.05) is 17.2 Å². The quantitative estimate of drug-likeness (QED) is 0.262. The van der Waals surface area contributed by atoms with Gasteiger partial charge in [-0.2, -0.15) is 0 Å². The molecule has 1 atom stereocenters. The molecule has 0 spiro atoms. The van der Waals surface area contributed by atoms with Crippen molar-refractivity contribution in [2.45, 2.75) is 51.4 Å². The van der Waals surface area contributed by atoms with Gasteiger partial charge in [0.2, 0.25) is 0 Å². The van der Waals surface area contributed by atoms with E-state index in [0.717, 1.165) is 21.8 Å². The summed E-state index contributed by atoms with van der Waals surface area (Å²) in [4.78, 5) is 30.6. The van der Waals surface area contributed by atoms with Crippen LogP contribution in [-0.4, -0.2) is 38.1 Å². The van der Waals surface area contributed by atoms with E-state index in [-0.39, 0.29) is 17.4 Å². The molecule has 0 aliphatic carbocycles. The number of hydrogen-bond donors (Lipinski definition) is 1. The van der Waals surface area contributed by atoms with Crippen molar-refractivity contribution in [3.63, 3.8) is 0 Å². The first-order valence-corrected chi connectivity index (χ1v) is 13.7. The van der Waals surface area contributed by atoms with E-state index in [1.807, 2.05) is 48.5 Å². The third-order valence-electron chi connectivity index (χ3n) is 6.19. The summed E-state index contributed by atoms with van der Waals surface area (Å²) in [5.74, 6) is 2.31. The fourth-order valence-electron chi connectivity index (χ4n) is 3.21. The Hall–Kier alpha value is -3.17. The maximum atomic E-state index is 13.4. The van der Waals surface area contributed by atoms with Crippen LogP contribution in [0, 0.1) is 11.5 Å². The SMILES string of the molecule is COC(=O)[C@H](CC#C[Si](C)(C)C(C)(C)C)NC(=O)c1c2ccccc2nc2ccccc12. The lowest BCUT2D eigenvalue weighted by atomic mass is 10.0. The van der Waals surface area contributed by atoms with Crippen molar-refractivity contribution in [2.75, 3.05) is 7.11 Å². The van der Waals surface area contributed by atoms with Gasteiger partial charge in [0.25, 0.3) is 5.91 Å². The maximum Gasteiger partial charge on any atom is 0.329 e. The second kappa shape index (κ2) is 9.13. The molecule has 1 heterocycles. The van der Waals surface area contributed by atoms with E-state index < -0.39 is 20.1 Å². The highest BCUT2D eigenvalue weighted by Crippen LogP contribution is 2.35. The zero-order valence-electron chi connectivity index (χ0n) is 19.6. The van der Waals surface area contributed by atoms with E-state index in [2.05, 4.69) is 55.6 Å². The van der Waals surface area contributed by atoms with Gasteiger partial charge in [0.1, 0.15) is 14.1 Å². The molecular formula is C26H30N2O3Si.